The predicted octanol–water partition coefficient (Wildman–Crippen LogP) is 4.13. The van der Waals surface area contributed by atoms with E-state index < -0.39 is 4.92 Å². The Morgan fingerprint density at radius 1 is 1.22 bits per heavy atom. The minimum atomic E-state index is -0.441. The molecule has 2 aromatic carbocycles. The van der Waals surface area contributed by atoms with Gasteiger partial charge in [0.2, 0.25) is 0 Å². The maximum absolute atomic E-state index is 12.3. The number of nitrogens with one attached hydrogen (secondary N) is 1. The number of amides is 2. The molecule has 0 aromatic heterocycles. The fourth-order valence-electron chi connectivity index (χ4n) is 2.23. The number of aryl methyl sites for hydroxylation is 1. The number of hydrogen-bond donors (Lipinski definition) is 1. The van der Waals surface area contributed by atoms with Gasteiger partial charge in [-0.2, -0.15) is 0 Å². The minimum absolute atomic E-state index is 0.0156. The lowest BCUT2D eigenvalue weighted by atomic mass is 10.1. The highest BCUT2D eigenvalue weighted by Crippen LogP contribution is 2.23. The summed E-state index contributed by atoms with van der Waals surface area (Å²) < 4.78 is 0. The van der Waals surface area contributed by atoms with Crippen LogP contribution in [0.15, 0.2) is 48.5 Å². The zero-order chi connectivity index (χ0) is 17.0. The quantitative estimate of drug-likeness (QED) is 0.681. The number of rotatable bonds is 4. The van der Waals surface area contributed by atoms with E-state index in [0.717, 1.165) is 5.56 Å². The summed E-state index contributed by atoms with van der Waals surface area (Å²) in [4.78, 5) is 24.3. The van der Waals surface area contributed by atoms with Gasteiger partial charge in [0.15, 0.2) is 0 Å². The normalized spacial score (nSPS) is 11.6. The number of urea groups is 1. The molecule has 0 spiro atoms. The van der Waals surface area contributed by atoms with Gasteiger partial charge in [0, 0.05) is 24.9 Å². The zero-order valence-electron chi connectivity index (χ0n) is 13.3. The second-order valence-electron chi connectivity index (χ2n) is 5.44. The summed E-state index contributed by atoms with van der Waals surface area (Å²) in [6.45, 7) is 3.78. The van der Waals surface area contributed by atoms with E-state index in [9.17, 15) is 14.9 Å². The molecule has 23 heavy (non-hydrogen) atoms. The average Bonchev–Trinajstić information content (AvgIpc) is 2.53. The van der Waals surface area contributed by atoms with E-state index in [2.05, 4.69) is 5.32 Å². The van der Waals surface area contributed by atoms with E-state index in [-0.39, 0.29) is 17.8 Å². The molecule has 6 nitrogen and oxygen atoms in total. The third-order valence-corrected chi connectivity index (χ3v) is 3.73. The number of nitro benzene ring substituents is 1. The number of hydrogen-bond acceptors (Lipinski definition) is 3. The van der Waals surface area contributed by atoms with E-state index in [0.29, 0.717) is 11.3 Å². The van der Waals surface area contributed by atoms with Crippen molar-refractivity contribution in [2.24, 2.45) is 0 Å². The molecule has 0 saturated heterocycles. The molecule has 0 aliphatic carbocycles. The maximum atomic E-state index is 12.3. The second-order valence-corrected chi connectivity index (χ2v) is 5.44. The van der Waals surface area contributed by atoms with Crippen LogP contribution in [0.1, 0.15) is 24.1 Å². The highest BCUT2D eigenvalue weighted by Gasteiger charge is 2.19. The lowest BCUT2D eigenvalue weighted by molar-refractivity contribution is -0.384. The smallest absolute Gasteiger partial charge is 0.321 e. The van der Waals surface area contributed by atoms with E-state index in [1.54, 1.807) is 19.2 Å². The van der Waals surface area contributed by atoms with Gasteiger partial charge >= 0.3 is 6.03 Å². The molecule has 0 bridgehead atoms. The van der Waals surface area contributed by atoms with Gasteiger partial charge < -0.3 is 10.2 Å². The molecule has 0 aliphatic rings. The maximum Gasteiger partial charge on any atom is 0.322 e. The number of non-ortho nitro benzene ring substituents is 1. The summed E-state index contributed by atoms with van der Waals surface area (Å²) in [5.74, 6) is 0. The van der Waals surface area contributed by atoms with Crippen molar-refractivity contribution in [2.75, 3.05) is 12.4 Å². The number of carbonyl (C=O) groups excluding carboxylic acids is 1. The monoisotopic (exact) mass is 313 g/mol. The number of nitrogens with zero attached hydrogens (tertiary/aromatic N) is 2. The van der Waals surface area contributed by atoms with Crippen LogP contribution in [0.3, 0.4) is 0 Å². The molecule has 1 atom stereocenters. The lowest BCUT2D eigenvalue weighted by Gasteiger charge is -2.25. The number of nitro groups is 1. The van der Waals surface area contributed by atoms with Crippen LogP contribution < -0.4 is 5.32 Å². The van der Waals surface area contributed by atoms with Gasteiger partial charge in [-0.15, -0.1) is 0 Å². The molecule has 2 rings (SSSR count). The summed E-state index contributed by atoms with van der Waals surface area (Å²) in [7, 11) is 1.66. The molecular weight excluding hydrogens is 294 g/mol. The Hall–Kier alpha value is -2.89. The van der Waals surface area contributed by atoms with Crippen molar-refractivity contribution in [3.8, 4) is 0 Å². The van der Waals surface area contributed by atoms with Gasteiger partial charge in [-0.1, -0.05) is 24.3 Å². The van der Waals surface area contributed by atoms with Crippen molar-refractivity contribution in [2.45, 2.75) is 19.9 Å². The lowest BCUT2D eigenvalue weighted by Crippen LogP contribution is -2.33. The first kappa shape index (κ1) is 16.5. The summed E-state index contributed by atoms with van der Waals surface area (Å²) in [5, 5.41) is 13.7. The van der Waals surface area contributed by atoms with Crippen molar-refractivity contribution in [1.29, 1.82) is 0 Å². The Balaban J connectivity index is 2.12. The highest BCUT2D eigenvalue weighted by atomic mass is 16.6. The minimum Gasteiger partial charge on any atom is -0.321 e. The van der Waals surface area contributed by atoms with Gasteiger partial charge in [0.1, 0.15) is 0 Å². The van der Waals surface area contributed by atoms with Crippen molar-refractivity contribution in [3.05, 3.63) is 69.8 Å². The first-order valence-corrected chi connectivity index (χ1v) is 7.23. The molecule has 1 N–H and O–H groups in total. The Bertz CT molecular complexity index is 731. The molecule has 0 unspecified atom stereocenters. The second kappa shape index (κ2) is 6.91. The first-order chi connectivity index (χ1) is 10.9. The van der Waals surface area contributed by atoms with Crippen LogP contribution in [-0.2, 0) is 0 Å². The average molecular weight is 313 g/mol. The van der Waals surface area contributed by atoms with Gasteiger partial charge in [0.25, 0.3) is 5.69 Å². The summed E-state index contributed by atoms with van der Waals surface area (Å²) in [5.41, 5.74) is 2.49. The molecule has 0 saturated carbocycles. The van der Waals surface area contributed by atoms with Crippen LogP contribution in [0, 0.1) is 17.0 Å². The van der Waals surface area contributed by atoms with Crippen molar-refractivity contribution >= 4 is 17.4 Å². The van der Waals surface area contributed by atoms with Crippen LogP contribution in [0.2, 0.25) is 0 Å². The van der Waals surface area contributed by atoms with E-state index in [1.165, 1.54) is 17.0 Å². The first-order valence-electron chi connectivity index (χ1n) is 7.23. The number of carbonyl (C=O) groups is 1. The zero-order valence-corrected chi connectivity index (χ0v) is 13.3. The van der Waals surface area contributed by atoms with E-state index in [1.807, 2.05) is 38.1 Å². The molecule has 120 valence electrons. The van der Waals surface area contributed by atoms with Crippen LogP contribution in [-0.4, -0.2) is 22.9 Å². The van der Waals surface area contributed by atoms with Crippen LogP contribution in [0.25, 0.3) is 0 Å². The third-order valence-electron chi connectivity index (χ3n) is 3.73. The molecule has 0 fully saturated rings. The van der Waals surface area contributed by atoms with Crippen molar-refractivity contribution < 1.29 is 9.72 Å². The highest BCUT2D eigenvalue weighted by molar-refractivity contribution is 5.89. The molecule has 6 heteroatoms. The summed E-state index contributed by atoms with van der Waals surface area (Å²) in [6, 6.07) is 13.3. The third kappa shape index (κ3) is 4.06. The van der Waals surface area contributed by atoms with Gasteiger partial charge in [-0.3, -0.25) is 10.1 Å². The van der Waals surface area contributed by atoms with Crippen molar-refractivity contribution in [3.63, 3.8) is 0 Å². The standard InChI is InChI=1S/C17H19N3O3/c1-12-6-4-8-15(10-12)18-17(21)19(3)13(2)14-7-5-9-16(11-14)20(22)23/h4-11,13H,1-3H3,(H,18,21)/t13-/m0/s1. The molecular formula is C17H19N3O3. The Morgan fingerprint density at radius 3 is 2.57 bits per heavy atom. The van der Waals surface area contributed by atoms with Gasteiger partial charge in [-0.05, 0) is 37.1 Å². The number of anilines is 1. The van der Waals surface area contributed by atoms with Crippen molar-refractivity contribution in [1.82, 2.24) is 4.90 Å². The topological polar surface area (TPSA) is 75.5 Å². The number of benzene rings is 2. The largest absolute Gasteiger partial charge is 0.322 e. The van der Waals surface area contributed by atoms with Gasteiger partial charge in [0.05, 0.1) is 11.0 Å². The summed E-state index contributed by atoms with van der Waals surface area (Å²) >= 11 is 0. The molecule has 0 aliphatic heterocycles. The molecule has 0 heterocycles. The fourth-order valence-corrected chi connectivity index (χ4v) is 2.23. The van der Waals surface area contributed by atoms with E-state index >= 15 is 0 Å². The Labute approximate surface area is 134 Å². The summed E-state index contributed by atoms with van der Waals surface area (Å²) in [6.07, 6.45) is 0. The molecule has 2 aromatic rings. The predicted molar refractivity (Wildman–Crippen MR) is 89.5 cm³/mol. The van der Waals surface area contributed by atoms with Gasteiger partial charge in [-0.25, -0.2) is 4.79 Å². The van der Waals surface area contributed by atoms with Crippen LogP contribution >= 0.6 is 0 Å². The van der Waals surface area contributed by atoms with Crippen LogP contribution in [0.4, 0.5) is 16.2 Å². The molecule has 2 amide bonds. The molecule has 0 radical (unpaired) electrons. The SMILES string of the molecule is Cc1cccc(NC(=O)N(C)[C@@H](C)c2cccc([N+](=O)[O-])c2)c1. The Morgan fingerprint density at radius 2 is 1.91 bits per heavy atom. The fraction of sp³-hybridized carbons (Fsp3) is 0.235. The Kier molecular flexibility index (Phi) is 4.95. The van der Waals surface area contributed by atoms with Crippen LogP contribution in [0.5, 0.6) is 0 Å². The van der Waals surface area contributed by atoms with E-state index in [4.69, 9.17) is 0 Å².